The molecule has 3 N–H and O–H groups in total. The van der Waals surface area contributed by atoms with Crippen LogP contribution in [0.1, 0.15) is 19.4 Å². The van der Waals surface area contributed by atoms with Crippen LogP contribution in [0.3, 0.4) is 0 Å². The van der Waals surface area contributed by atoms with Crippen molar-refractivity contribution in [3.05, 3.63) is 35.6 Å². The van der Waals surface area contributed by atoms with Crippen molar-refractivity contribution in [2.24, 2.45) is 5.92 Å². The first-order valence-corrected chi connectivity index (χ1v) is 6.84. The van der Waals surface area contributed by atoms with Crippen LogP contribution in [0.4, 0.5) is 4.39 Å². The molecule has 21 heavy (non-hydrogen) atoms. The summed E-state index contributed by atoms with van der Waals surface area (Å²) in [6.07, 6.45) is -0.424. The van der Waals surface area contributed by atoms with Crippen LogP contribution >= 0.6 is 12.4 Å². The summed E-state index contributed by atoms with van der Waals surface area (Å²) in [6, 6.07) is 6.09. The lowest BCUT2D eigenvalue weighted by Gasteiger charge is -2.25. The molecule has 1 aliphatic heterocycles. The smallest absolute Gasteiger partial charge is 0.230 e. The van der Waals surface area contributed by atoms with Gasteiger partial charge in [0.15, 0.2) is 0 Å². The quantitative estimate of drug-likeness (QED) is 0.783. The minimum Gasteiger partial charge on any atom is -0.391 e. The van der Waals surface area contributed by atoms with Gasteiger partial charge >= 0.3 is 0 Å². The fourth-order valence-corrected chi connectivity index (χ4v) is 2.38. The van der Waals surface area contributed by atoms with Crippen LogP contribution < -0.4 is 10.6 Å². The van der Waals surface area contributed by atoms with Gasteiger partial charge in [-0.1, -0.05) is 12.1 Å². The van der Waals surface area contributed by atoms with Crippen LogP contribution in [-0.2, 0) is 10.2 Å². The summed E-state index contributed by atoms with van der Waals surface area (Å²) < 4.78 is 13.3. The molecule has 1 aliphatic rings. The normalized spacial score (nSPS) is 21.7. The Hall–Kier alpha value is -1.17. The van der Waals surface area contributed by atoms with Gasteiger partial charge in [0.25, 0.3) is 0 Å². The summed E-state index contributed by atoms with van der Waals surface area (Å²) in [7, 11) is 0. The molecule has 0 radical (unpaired) electrons. The number of hydrogen-bond donors (Lipinski definition) is 3. The van der Waals surface area contributed by atoms with E-state index in [-0.39, 0.29) is 30.0 Å². The second-order valence-electron chi connectivity index (χ2n) is 5.83. The zero-order valence-electron chi connectivity index (χ0n) is 12.2. The molecule has 2 unspecified atom stereocenters. The third-order valence-electron chi connectivity index (χ3n) is 3.94. The maximum absolute atomic E-state index is 13.3. The molecule has 6 heteroatoms. The predicted molar refractivity (Wildman–Crippen MR) is 82.1 cm³/mol. The highest BCUT2D eigenvalue weighted by molar-refractivity contribution is 5.87. The molecule has 0 spiro atoms. The SMILES string of the molecule is CC(C)(C(=O)NCC1CNCC1O)c1cccc(F)c1.Cl. The van der Waals surface area contributed by atoms with Crippen molar-refractivity contribution in [3.63, 3.8) is 0 Å². The molecule has 118 valence electrons. The zero-order chi connectivity index (χ0) is 14.8. The van der Waals surface area contributed by atoms with E-state index in [1.165, 1.54) is 12.1 Å². The van der Waals surface area contributed by atoms with Crippen molar-refractivity contribution in [2.75, 3.05) is 19.6 Å². The molecule has 1 heterocycles. The van der Waals surface area contributed by atoms with E-state index in [0.717, 1.165) is 0 Å². The Morgan fingerprint density at radius 1 is 1.48 bits per heavy atom. The average molecular weight is 317 g/mol. The number of benzene rings is 1. The minimum atomic E-state index is -0.806. The highest BCUT2D eigenvalue weighted by atomic mass is 35.5. The van der Waals surface area contributed by atoms with Crippen LogP contribution in [-0.4, -0.2) is 36.8 Å². The Bertz CT molecular complexity index is 496. The summed E-state index contributed by atoms with van der Waals surface area (Å²) in [4.78, 5) is 12.3. The molecule has 1 aromatic rings. The molecule has 0 saturated carbocycles. The molecule has 2 atom stereocenters. The molecule has 1 amide bonds. The van der Waals surface area contributed by atoms with E-state index in [2.05, 4.69) is 10.6 Å². The topological polar surface area (TPSA) is 61.4 Å². The fourth-order valence-electron chi connectivity index (χ4n) is 2.38. The van der Waals surface area contributed by atoms with Crippen LogP contribution in [0.2, 0.25) is 0 Å². The van der Waals surface area contributed by atoms with E-state index in [0.29, 0.717) is 25.2 Å². The number of rotatable bonds is 4. The molecular weight excluding hydrogens is 295 g/mol. The molecule has 4 nitrogen and oxygen atoms in total. The molecule has 0 aliphatic carbocycles. The Labute approximate surface area is 130 Å². The van der Waals surface area contributed by atoms with Crippen LogP contribution in [0.25, 0.3) is 0 Å². The van der Waals surface area contributed by atoms with E-state index in [4.69, 9.17) is 0 Å². The van der Waals surface area contributed by atoms with Crippen molar-refractivity contribution in [2.45, 2.75) is 25.4 Å². The van der Waals surface area contributed by atoms with Crippen LogP contribution in [0.5, 0.6) is 0 Å². The first kappa shape index (κ1) is 17.9. The Balaban J connectivity index is 0.00000220. The van der Waals surface area contributed by atoms with Gasteiger partial charge in [-0.2, -0.15) is 0 Å². The molecule has 1 aromatic carbocycles. The van der Waals surface area contributed by atoms with Crippen molar-refractivity contribution < 1.29 is 14.3 Å². The van der Waals surface area contributed by atoms with Gasteiger partial charge in [0.05, 0.1) is 11.5 Å². The number of nitrogens with one attached hydrogen (secondary N) is 2. The van der Waals surface area contributed by atoms with E-state index >= 15 is 0 Å². The summed E-state index contributed by atoms with van der Waals surface area (Å²) in [5, 5.41) is 15.6. The molecule has 2 rings (SSSR count). The number of halogens is 2. The maximum atomic E-state index is 13.3. The molecule has 0 aromatic heterocycles. The predicted octanol–water partition coefficient (Wildman–Crippen LogP) is 1.22. The second-order valence-corrected chi connectivity index (χ2v) is 5.83. The third kappa shape index (κ3) is 4.15. The van der Waals surface area contributed by atoms with Gasteiger partial charge in [-0.05, 0) is 31.5 Å². The standard InChI is InChI=1S/C15H21FN2O2.ClH/c1-15(2,11-4-3-5-12(16)6-11)14(20)18-8-10-7-17-9-13(10)19;/h3-6,10,13,17,19H,7-9H2,1-2H3,(H,18,20);1H. The molecular formula is C15H22ClFN2O2. The lowest BCUT2D eigenvalue weighted by Crippen LogP contribution is -2.43. The number of carbonyl (C=O) groups excluding carboxylic acids is 1. The van der Waals surface area contributed by atoms with Crippen molar-refractivity contribution in [1.82, 2.24) is 10.6 Å². The van der Waals surface area contributed by atoms with Crippen LogP contribution in [0, 0.1) is 11.7 Å². The van der Waals surface area contributed by atoms with Gasteiger partial charge < -0.3 is 15.7 Å². The monoisotopic (exact) mass is 316 g/mol. The van der Waals surface area contributed by atoms with E-state index in [1.54, 1.807) is 26.0 Å². The minimum absolute atomic E-state index is 0. The molecule has 0 bridgehead atoms. The Morgan fingerprint density at radius 3 is 2.76 bits per heavy atom. The van der Waals surface area contributed by atoms with Gasteiger partial charge in [-0.25, -0.2) is 4.39 Å². The fraction of sp³-hybridized carbons (Fsp3) is 0.533. The number of carbonyl (C=O) groups is 1. The van der Waals surface area contributed by atoms with Gasteiger partial charge in [-0.15, -0.1) is 12.4 Å². The number of aliphatic hydroxyl groups excluding tert-OH is 1. The Morgan fingerprint density at radius 2 is 2.19 bits per heavy atom. The maximum Gasteiger partial charge on any atom is 0.230 e. The van der Waals surface area contributed by atoms with E-state index in [9.17, 15) is 14.3 Å². The first-order chi connectivity index (χ1) is 9.41. The number of β-amino-alcohol motifs (C(OH)–C–C–N with tert-alkyl or cyclic N) is 1. The zero-order valence-corrected chi connectivity index (χ0v) is 13.0. The van der Waals surface area contributed by atoms with E-state index < -0.39 is 11.5 Å². The van der Waals surface area contributed by atoms with Gasteiger partial charge in [-0.3, -0.25) is 4.79 Å². The van der Waals surface area contributed by atoms with Crippen molar-refractivity contribution in [1.29, 1.82) is 0 Å². The largest absolute Gasteiger partial charge is 0.391 e. The highest BCUT2D eigenvalue weighted by Crippen LogP contribution is 2.24. The summed E-state index contributed by atoms with van der Waals surface area (Å²) in [5.74, 6) is -0.483. The summed E-state index contributed by atoms with van der Waals surface area (Å²) in [6.45, 7) is 5.21. The van der Waals surface area contributed by atoms with Gasteiger partial charge in [0, 0.05) is 25.6 Å². The van der Waals surface area contributed by atoms with E-state index in [1.807, 2.05) is 0 Å². The third-order valence-corrected chi connectivity index (χ3v) is 3.94. The second kappa shape index (κ2) is 7.20. The average Bonchev–Trinajstić information content (AvgIpc) is 2.81. The number of amides is 1. The Kier molecular flexibility index (Phi) is 6.13. The van der Waals surface area contributed by atoms with Gasteiger partial charge in [0.1, 0.15) is 5.82 Å². The lowest BCUT2D eigenvalue weighted by molar-refractivity contribution is -0.125. The molecule has 1 fully saturated rings. The number of aliphatic hydroxyl groups is 1. The van der Waals surface area contributed by atoms with Crippen molar-refractivity contribution >= 4 is 18.3 Å². The molecule has 1 saturated heterocycles. The van der Waals surface area contributed by atoms with Crippen molar-refractivity contribution in [3.8, 4) is 0 Å². The van der Waals surface area contributed by atoms with Crippen LogP contribution in [0.15, 0.2) is 24.3 Å². The summed E-state index contributed by atoms with van der Waals surface area (Å²) >= 11 is 0. The van der Waals surface area contributed by atoms with Gasteiger partial charge in [0.2, 0.25) is 5.91 Å². The summed E-state index contributed by atoms with van der Waals surface area (Å²) in [5.41, 5.74) is -0.167. The first-order valence-electron chi connectivity index (χ1n) is 6.84. The number of hydrogen-bond acceptors (Lipinski definition) is 3. The lowest BCUT2D eigenvalue weighted by atomic mass is 9.83. The highest BCUT2D eigenvalue weighted by Gasteiger charge is 2.32.